The molecule has 4 heteroatoms. The minimum absolute atomic E-state index is 0.800. The number of aromatic nitrogens is 1. The monoisotopic (exact) mass is 197 g/mol. The third-order valence-electron chi connectivity index (χ3n) is 2.46. The lowest BCUT2D eigenvalue weighted by Crippen LogP contribution is -2.18. The maximum Gasteiger partial charge on any atom is 0.182 e. The maximum atomic E-state index is 4.19. The van der Waals surface area contributed by atoms with E-state index in [0.717, 1.165) is 17.6 Å². The van der Waals surface area contributed by atoms with Crippen LogP contribution in [0.3, 0.4) is 0 Å². The molecule has 1 aliphatic rings. The molecule has 1 saturated heterocycles. The molecule has 0 saturated carbocycles. The normalized spacial score (nSPS) is 23.6. The molecule has 1 aromatic heterocycles. The van der Waals surface area contributed by atoms with Crippen LogP contribution in [0.15, 0.2) is 11.6 Å². The van der Waals surface area contributed by atoms with E-state index in [9.17, 15) is 0 Å². The van der Waals surface area contributed by atoms with E-state index < -0.39 is 0 Å². The summed E-state index contributed by atoms with van der Waals surface area (Å²) < 4.78 is 0. The van der Waals surface area contributed by atoms with E-state index in [1.165, 1.54) is 19.5 Å². The first kappa shape index (κ1) is 8.97. The number of hydrogen-bond donors (Lipinski definition) is 1. The molecule has 0 spiro atoms. The van der Waals surface area contributed by atoms with E-state index in [1.807, 2.05) is 11.6 Å². The Kier molecular flexibility index (Phi) is 2.80. The molecule has 1 fully saturated rings. The number of anilines is 1. The molecule has 0 aliphatic carbocycles. The zero-order valence-corrected chi connectivity index (χ0v) is 8.68. The van der Waals surface area contributed by atoms with Gasteiger partial charge in [0.2, 0.25) is 0 Å². The van der Waals surface area contributed by atoms with Gasteiger partial charge in [-0.05, 0) is 25.9 Å². The highest BCUT2D eigenvalue weighted by molar-refractivity contribution is 7.13. The molecule has 1 atom stereocenters. The molecular weight excluding hydrogens is 182 g/mol. The minimum atomic E-state index is 0.800. The smallest absolute Gasteiger partial charge is 0.182 e. The summed E-state index contributed by atoms with van der Waals surface area (Å²) in [5.41, 5.74) is 0. The Morgan fingerprint density at radius 1 is 1.77 bits per heavy atom. The average molecular weight is 197 g/mol. The van der Waals surface area contributed by atoms with Crippen LogP contribution < -0.4 is 5.32 Å². The van der Waals surface area contributed by atoms with E-state index in [1.54, 1.807) is 11.3 Å². The summed E-state index contributed by atoms with van der Waals surface area (Å²) in [6, 6.07) is 0. The van der Waals surface area contributed by atoms with Crippen molar-refractivity contribution in [2.24, 2.45) is 5.92 Å². The Balaban J connectivity index is 1.74. The van der Waals surface area contributed by atoms with Gasteiger partial charge in [0.1, 0.15) is 0 Å². The number of thiazole rings is 1. The van der Waals surface area contributed by atoms with Crippen molar-refractivity contribution in [1.82, 2.24) is 9.88 Å². The van der Waals surface area contributed by atoms with Gasteiger partial charge in [-0.2, -0.15) is 0 Å². The Morgan fingerprint density at radius 2 is 2.69 bits per heavy atom. The number of hydrogen-bond acceptors (Lipinski definition) is 4. The van der Waals surface area contributed by atoms with Crippen LogP contribution in [-0.4, -0.2) is 36.6 Å². The first-order chi connectivity index (χ1) is 6.34. The molecule has 3 nitrogen and oxygen atoms in total. The third kappa shape index (κ3) is 2.42. The largest absolute Gasteiger partial charge is 0.361 e. The quantitative estimate of drug-likeness (QED) is 0.796. The summed E-state index contributed by atoms with van der Waals surface area (Å²) >= 11 is 1.67. The lowest BCUT2D eigenvalue weighted by Gasteiger charge is -2.10. The molecule has 2 rings (SSSR count). The second-order valence-electron chi connectivity index (χ2n) is 3.64. The fraction of sp³-hybridized carbons (Fsp3) is 0.667. The molecule has 1 N–H and O–H groups in total. The van der Waals surface area contributed by atoms with Crippen molar-refractivity contribution < 1.29 is 0 Å². The van der Waals surface area contributed by atoms with Crippen LogP contribution in [0.4, 0.5) is 5.13 Å². The van der Waals surface area contributed by atoms with Gasteiger partial charge >= 0.3 is 0 Å². The standard InChI is InChI=1S/C9H15N3S/c1-12-4-2-8(7-12)6-11-9-10-3-5-13-9/h3,5,8H,2,4,6-7H2,1H3,(H,10,11). The maximum absolute atomic E-state index is 4.19. The van der Waals surface area contributed by atoms with E-state index in [4.69, 9.17) is 0 Å². The van der Waals surface area contributed by atoms with Gasteiger partial charge in [0.05, 0.1) is 0 Å². The first-order valence-corrected chi connectivity index (χ1v) is 5.54. The van der Waals surface area contributed by atoms with Gasteiger partial charge in [-0.1, -0.05) is 0 Å². The highest BCUT2D eigenvalue weighted by Gasteiger charge is 2.18. The van der Waals surface area contributed by atoms with Crippen molar-refractivity contribution in [2.45, 2.75) is 6.42 Å². The van der Waals surface area contributed by atoms with E-state index in [0.29, 0.717) is 0 Å². The average Bonchev–Trinajstić information content (AvgIpc) is 2.71. The molecule has 13 heavy (non-hydrogen) atoms. The fourth-order valence-corrected chi connectivity index (χ4v) is 2.27. The Morgan fingerprint density at radius 3 is 3.31 bits per heavy atom. The summed E-state index contributed by atoms with van der Waals surface area (Å²) in [4.78, 5) is 6.57. The van der Waals surface area contributed by atoms with Crippen LogP contribution >= 0.6 is 11.3 Å². The summed E-state index contributed by atoms with van der Waals surface area (Å²) in [5, 5.41) is 6.42. The second-order valence-corrected chi connectivity index (χ2v) is 4.53. The Labute approximate surface area is 82.8 Å². The van der Waals surface area contributed by atoms with Crippen LogP contribution in [0.1, 0.15) is 6.42 Å². The van der Waals surface area contributed by atoms with Crippen LogP contribution in [0, 0.1) is 5.92 Å². The number of rotatable bonds is 3. The van der Waals surface area contributed by atoms with Crippen LogP contribution in [0.5, 0.6) is 0 Å². The molecule has 2 heterocycles. The van der Waals surface area contributed by atoms with Gasteiger partial charge in [0, 0.05) is 24.7 Å². The van der Waals surface area contributed by atoms with Crippen LogP contribution in [0.25, 0.3) is 0 Å². The van der Waals surface area contributed by atoms with Crippen molar-refractivity contribution in [3.8, 4) is 0 Å². The predicted molar refractivity (Wildman–Crippen MR) is 56.2 cm³/mol. The van der Waals surface area contributed by atoms with Crippen LogP contribution in [-0.2, 0) is 0 Å². The van der Waals surface area contributed by atoms with Crippen molar-refractivity contribution in [3.05, 3.63) is 11.6 Å². The Bertz CT molecular complexity index is 247. The van der Waals surface area contributed by atoms with Gasteiger partial charge in [-0.15, -0.1) is 11.3 Å². The highest BCUT2D eigenvalue weighted by atomic mass is 32.1. The zero-order chi connectivity index (χ0) is 9.10. The van der Waals surface area contributed by atoms with Gasteiger partial charge in [-0.25, -0.2) is 4.98 Å². The zero-order valence-electron chi connectivity index (χ0n) is 7.86. The summed E-state index contributed by atoms with van der Waals surface area (Å²) in [6.45, 7) is 3.53. The lowest BCUT2D eigenvalue weighted by atomic mass is 10.1. The minimum Gasteiger partial charge on any atom is -0.361 e. The van der Waals surface area contributed by atoms with E-state index >= 15 is 0 Å². The number of likely N-dealkylation sites (tertiary alicyclic amines) is 1. The van der Waals surface area contributed by atoms with Crippen LogP contribution in [0.2, 0.25) is 0 Å². The van der Waals surface area contributed by atoms with Crippen molar-refractivity contribution in [2.75, 3.05) is 32.0 Å². The molecule has 0 bridgehead atoms. The molecule has 1 aromatic rings. The van der Waals surface area contributed by atoms with Gasteiger partial charge in [0.25, 0.3) is 0 Å². The lowest BCUT2D eigenvalue weighted by molar-refractivity contribution is 0.399. The molecule has 72 valence electrons. The molecule has 1 aliphatic heterocycles. The third-order valence-corrected chi connectivity index (χ3v) is 3.19. The summed E-state index contributed by atoms with van der Waals surface area (Å²) in [7, 11) is 2.18. The van der Waals surface area contributed by atoms with E-state index in [-0.39, 0.29) is 0 Å². The highest BCUT2D eigenvalue weighted by Crippen LogP contribution is 2.16. The van der Waals surface area contributed by atoms with Gasteiger partial charge in [-0.3, -0.25) is 0 Å². The second kappa shape index (κ2) is 4.07. The number of nitrogens with one attached hydrogen (secondary N) is 1. The Hall–Kier alpha value is -0.610. The van der Waals surface area contributed by atoms with Crippen molar-refractivity contribution in [3.63, 3.8) is 0 Å². The topological polar surface area (TPSA) is 28.2 Å². The van der Waals surface area contributed by atoms with E-state index in [2.05, 4.69) is 22.2 Å². The molecule has 0 radical (unpaired) electrons. The molecule has 1 unspecified atom stereocenters. The van der Waals surface area contributed by atoms with Gasteiger partial charge < -0.3 is 10.2 Å². The van der Waals surface area contributed by atoms with Crippen molar-refractivity contribution in [1.29, 1.82) is 0 Å². The number of nitrogens with zero attached hydrogens (tertiary/aromatic N) is 2. The molecule has 0 aromatic carbocycles. The summed E-state index contributed by atoms with van der Waals surface area (Å²) in [5.74, 6) is 0.800. The summed E-state index contributed by atoms with van der Waals surface area (Å²) in [6.07, 6.45) is 3.16. The first-order valence-electron chi connectivity index (χ1n) is 4.66. The fourth-order valence-electron chi connectivity index (χ4n) is 1.74. The molecule has 0 amide bonds. The SMILES string of the molecule is CN1CCC(CNc2nccs2)C1. The predicted octanol–water partition coefficient (Wildman–Crippen LogP) is 1.51. The van der Waals surface area contributed by atoms with Crippen molar-refractivity contribution >= 4 is 16.5 Å². The van der Waals surface area contributed by atoms with Gasteiger partial charge in [0.15, 0.2) is 5.13 Å². The molecular formula is C9H15N3S.